The van der Waals surface area contributed by atoms with Crippen LogP contribution in [-0.4, -0.2) is 64.7 Å². The molecule has 1 unspecified atom stereocenters. The molecule has 3 heterocycles. The van der Waals surface area contributed by atoms with E-state index in [1.54, 1.807) is 0 Å². The van der Waals surface area contributed by atoms with Gasteiger partial charge in [0.25, 0.3) is 5.91 Å². The van der Waals surface area contributed by atoms with Crippen molar-refractivity contribution in [2.45, 2.75) is 32.9 Å². The van der Waals surface area contributed by atoms with Crippen LogP contribution in [0.4, 0.5) is 0 Å². The van der Waals surface area contributed by atoms with E-state index in [2.05, 4.69) is 28.9 Å². The number of carbonyl (C=O) groups is 1. The van der Waals surface area contributed by atoms with E-state index in [0.717, 1.165) is 25.3 Å². The van der Waals surface area contributed by atoms with Crippen molar-refractivity contribution in [2.24, 2.45) is 5.92 Å². The molecule has 1 saturated heterocycles. The summed E-state index contributed by atoms with van der Waals surface area (Å²) in [6.07, 6.45) is 0.231. The van der Waals surface area contributed by atoms with E-state index < -0.39 is 6.10 Å². The van der Waals surface area contributed by atoms with Crippen LogP contribution in [0.1, 0.15) is 25.6 Å². The Kier molecular flexibility index (Phi) is 5.47. The number of hydrogen-bond acceptors (Lipinski definition) is 7. The van der Waals surface area contributed by atoms with E-state index in [4.69, 9.17) is 14.0 Å². The van der Waals surface area contributed by atoms with Crippen molar-refractivity contribution in [3.05, 3.63) is 36.0 Å². The van der Waals surface area contributed by atoms with Crippen molar-refractivity contribution in [3.8, 4) is 11.5 Å². The molecule has 150 valence electrons. The van der Waals surface area contributed by atoms with Crippen molar-refractivity contribution in [1.29, 1.82) is 0 Å². The Hall–Kier alpha value is -2.61. The lowest BCUT2D eigenvalue weighted by molar-refractivity contribution is -0.143. The fourth-order valence-corrected chi connectivity index (χ4v) is 3.46. The topological polar surface area (TPSA) is 80.9 Å². The van der Waals surface area contributed by atoms with Gasteiger partial charge in [0, 0.05) is 32.6 Å². The number of aromatic nitrogens is 2. The molecule has 8 heteroatoms. The third-order valence-electron chi connectivity index (χ3n) is 4.93. The lowest BCUT2D eigenvalue weighted by Crippen LogP contribution is -2.53. The maximum Gasteiger partial charge on any atom is 0.267 e. The van der Waals surface area contributed by atoms with Crippen LogP contribution in [0.3, 0.4) is 0 Å². The predicted octanol–water partition coefficient (Wildman–Crippen LogP) is 1.75. The van der Waals surface area contributed by atoms with Crippen molar-refractivity contribution < 1.29 is 18.8 Å². The van der Waals surface area contributed by atoms with E-state index in [1.165, 1.54) is 0 Å². The second kappa shape index (κ2) is 8.18. The number of benzene rings is 1. The van der Waals surface area contributed by atoms with Crippen LogP contribution in [0.2, 0.25) is 0 Å². The van der Waals surface area contributed by atoms with Gasteiger partial charge in [0.1, 0.15) is 6.61 Å². The van der Waals surface area contributed by atoms with E-state index in [0.29, 0.717) is 42.9 Å². The van der Waals surface area contributed by atoms with Crippen molar-refractivity contribution in [1.82, 2.24) is 19.9 Å². The summed E-state index contributed by atoms with van der Waals surface area (Å²) >= 11 is 0. The second-order valence-electron chi connectivity index (χ2n) is 7.67. The number of rotatable bonds is 5. The standard InChI is InChI=1S/C20H26N4O4/c1-14(2)11-18-21-19(28-22-18)12-23-7-9-24(10-8-23)20(25)17-13-26-15-5-3-4-6-16(15)27-17/h3-6,14,17H,7-13H2,1-2H3. The van der Waals surface area contributed by atoms with E-state index in [-0.39, 0.29) is 12.5 Å². The minimum absolute atomic E-state index is 0.0221. The molecule has 1 aromatic heterocycles. The third kappa shape index (κ3) is 4.27. The SMILES string of the molecule is CC(C)Cc1noc(CN2CCN(C(=O)C3COc4ccccc4O3)CC2)n1. The number of carbonyl (C=O) groups excluding carboxylic acids is 1. The highest BCUT2D eigenvalue weighted by atomic mass is 16.6. The third-order valence-corrected chi connectivity index (χ3v) is 4.93. The molecular formula is C20H26N4O4. The minimum atomic E-state index is -0.587. The van der Waals surface area contributed by atoms with Gasteiger partial charge in [-0.1, -0.05) is 31.1 Å². The monoisotopic (exact) mass is 386 g/mol. The summed E-state index contributed by atoms with van der Waals surface area (Å²) in [5.41, 5.74) is 0. The molecule has 2 aliphatic rings. The van der Waals surface area contributed by atoms with Crippen LogP contribution < -0.4 is 9.47 Å². The van der Waals surface area contributed by atoms with E-state index in [1.807, 2.05) is 29.2 Å². The quantitative estimate of drug-likeness (QED) is 0.774. The van der Waals surface area contributed by atoms with Crippen LogP contribution in [0.15, 0.2) is 28.8 Å². The molecule has 1 atom stereocenters. The molecule has 4 rings (SSSR count). The first kappa shape index (κ1) is 18.7. The average Bonchev–Trinajstić information content (AvgIpc) is 3.13. The number of nitrogens with zero attached hydrogens (tertiary/aromatic N) is 4. The number of amides is 1. The largest absolute Gasteiger partial charge is 0.485 e. The summed E-state index contributed by atoms with van der Waals surface area (Å²) in [4.78, 5) is 21.3. The fourth-order valence-electron chi connectivity index (χ4n) is 3.46. The zero-order valence-electron chi connectivity index (χ0n) is 16.3. The summed E-state index contributed by atoms with van der Waals surface area (Å²) in [6.45, 7) is 7.94. The van der Waals surface area contributed by atoms with Gasteiger partial charge in [-0.2, -0.15) is 4.98 Å². The Morgan fingerprint density at radius 2 is 1.93 bits per heavy atom. The van der Waals surface area contributed by atoms with Crippen LogP contribution in [-0.2, 0) is 17.8 Å². The summed E-state index contributed by atoms with van der Waals surface area (Å²) in [6, 6.07) is 7.43. The van der Waals surface area contributed by atoms with Crippen LogP contribution in [0, 0.1) is 5.92 Å². The molecule has 2 aromatic rings. The van der Waals surface area contributed by atoms with Gasteiger partial charge < -0.3 is 18.9 Å². The average molecular weight is 386 g/mol. The normalized spacial score (nSPS) is 19.8. The summed E-state index contributed by atoms with van der Waals surface area (Å²) in [5, 5.41) is 4.04. The number of ether oxygens (including phenoxy) is 2. The summed E-state index contributed by atoms with van der Waals surface area (Å²) in [7, 11) is 0. The first-order chi connectivity index (χ1) is 13.6. The lowest BCUT2D eigenvalue weighted by Gasteiger charge is -2.36. The van der Waals surface area contributed by atoms with Gasteiger partial charge >= 0.3 is 0 Å². The Morgan fingerprint density at radius 1 is 1.18 bits per heavy atom. The van der Waals surface area contributed by atoms with Gasteiger partial charge in [0.15, 0.2) is 17.3 Å². The number of piperazine rings is 1. The number of hydrogen-bond donors (Lipinski definition) is 0. The fraction of sp³-hybridized carbons (Fsp3) is 0.550. The molecule has 0 spiro atoms. The van der Waals surface area contributed by atoms with Crippen LogP contribution in [0.25, 0.3) is 0 Å². The lowest BCUT2D eigenvalue weighted by atomic mass is 10.1. The Bertz CT molecular complexity index is 814. The zero-order valence-corrected chi connectivity index (χ0v) is 16.3. The van der Waals surface area contributed by atoms with Crippen LogP contribution >= 0.6 is 0 Å². The molecule has 2 aliphatic heterocycles. The molecule has 1 fully saturated rings. The smallest absolute Gasteiger partial charge is 0.267 e. The molecule has 1 amide bonds. The predicted molar refractivity (Wildman–Crippen MR) is 101 cm³/mol. The highest BCUT2D eigenvalue weighted by Gasteiger charge is 2.32. The van der Waals surface area contributed by atoms with E-state index in [9.17, 15) is 4.79 Å². The molecule has 1 aromatic carbocycles. The molecule has 0 radical (unpaired) electrons. The maximum atomic E-state index is 12.8. The van der Waals surface area contributed by atoms with Gasteiger partial charge in [-0.25, -0.2) is 0 Å². The number of fused-ring (bicyclic) bond motifs is 1. The van der Waals surface area contributed by atoms with Gasteiger partial charge in [0.2, 0.25) is 12.0 Å². The molecule has 0 aliphatic carbocycles. The summed E-state index contributed by atoms with van der Waals surface area (Å²) in [5.74, 6) is 3.18. The maximum absolute atomic E-state index is 12.8. The Balaban J connectivity index is 1.27. The van der Waals surface area contributed by atoms with Crippen LogP contribution in [0.5, 0.6) is 11.5 Å². The highest BCUT2D eigenvalue weighted by molar-refractivity contribution is 5.82. The minimum Gasteiger partial charge on any atom is -0.485 e. The van der Waals surface area contributed by atoms with Gasteiger partial charge in [0.05, 0.1) is 6.54 Å². The Labute approximate surface area is 164 Å². The molecule has 8 nitrogen and oxygen atoms in total. The molecule has 0 saturated carbocycles. The highest BCUT2D eigenvalue weighted by Crippen LogP contribution is 2.31. The van der Waals surface area contributed by atoms with E-state index >= 15 is 0 Å². The molecule has 0 bridgehead atoms. The zero-order chi connectivity index (χ0) is 19.5. The Morgan fingerprint density at radius 3 is 2.68 bits per heavy atom. The number of para-hydroxylation sites is 2. The van der Waals surface area contributed by atoms with Gasteiger partial charge in [-0.3, -0.25) is 9.69 Å². The van der Waals surface area contributed by atoms with Gasteiger partial charge in [-0.05, 0) is 18.1 Å². The first-order valence-electron chi connectivity index (χ1n) is 9.79. The van der Waals surface area contributed by atoms with Gasteiger partial charge in [-0.15, -0.1) is 0 Å². The molecule has 28 heavy (non-hydrogen) atoms. The first-order valence-corrected chi connectivity index (χ1v) is 9.79. The second-order valence-corrected chi connectivity index (χ2v) is 7.67. The van der Waals surface area contributed by atoms with Crippen molar-refractivity contribution in [2.75, 3.05) is 32.8 Å². The molecular weight excluding hydrogens is 360 g/mol. The molecule has 0 N–H and O–H groups in total. The summed E-state index contributed by atoms with van der Waals surface area (Å²) < 4.78 is 16.9. The van der Waals surface area contributed by atoms with Crippen molar-refractivity contribution in [3.63, 3.8) is 0 Å². The van der Waals surface area contributed by atoms with Crippen molar-refractivity contribution >= 4 is 5.91 Å².